The van der Waals surface area contributed by atoms with E-state index in [1.165, 1.54) is 26.4 Å². The average molecular weight is 448 g/mol. The number of rotatable bonds is 5. The van der Waals surface area contributed by atoms with Crippen molar-refractivity contribution in [1.29, 1.82) is 0 Å². The van der Waals surface area contributed by atoms with Gasteiger partial charge in [0.1, 0.15) is 0 Å². The molecule has 166 valence electrons. The normalized spacial score (nSPS) is 16.7. The number of piperazine rings is 1. The molecule has 0 radical (unpaired) electrons. The van der Waals surface area contributed by atoms with E-state index in [2.05, 4.69) is 4.90 Å². The van der Waals surface area contributed by atoms with Gasteiger partial charge in [0.15, 0.2) is 0 Å². The number of nitrogens with zero attached hydrogens (tertiary/aromatic N) is 2. The van der Waals surface area contributed by atoms with Crippen molar-refractivity contribution in [3.8, 4) is 0 Å². The van der Waals surface area contributed by atoms with Crippen LogP contribution in [0.15, 0.2) is 47.4 Å². The number of esters is 2. The summed E-state index contributed by atoms with van der Waals surface area (Å²) in [5, 5.41) is 5.21. The monoisotopic (exact) mass is 447 g/mol. The summed E-state index contributed by atoms with van der Waals surface area (Å²) in [4.78, 5) is 28.0. The number of methoxy groups -OCH3 is 2. The molecule has 2 N–H and O–H groups in total. The number of nitrogens with two attached hydrogens (primary N) is 1. The zero-order chi connectivity index (χ0) is 22.8. The van der Waals surface area contributed by atoms with Gasteiger partial charge in [-0.25, -0.2) is 23.1 Å². The standard InChI is InChI=1S/C21H25N3O6S/c1-14-13-23(16-6-4-15(5-7-16)20(25)29-2)10-11-24(14)19-9-8-17(31(22,27)28)12-18(19)21(26)30-3/h4-9,12,14H,10-11,13H2,1-3H3,(H2,22,27,28). The molecule has 1 atom stereocenters. The molecule has 10 heteroatoms. The Labute approximate surface area is 181 Å². The van der Waals surface area contributed by atoms with Crippen LogP contribution in [0.2, 0.25) is 0 Å². The Morgan fingerprint density at radius 3 is 2.19 bits per heavy atom. The molecule has 3 rings (SSSR count). The van der Waals surface area contributed by atoms with Gasteiger partial charge in [0.05, 0.1) is 35.9 Å². The molecule has 31 heavy (non-hydrogen) atoms. The maximum Gasteiger partial charge on any atom is 0.340 e. The highest BCUT2D eigenvalue weighted by molar-refractivity contribution is 7.89. The highest BCUT2D eigenvalue weighted by atomic mass is 32.2. The van der Waals surface area contributed by atoms with Gasteiger partial charge in [0.2, 0.25) is 10.0 Å². The topological polar surface area (TPSA) is 119 Å². The van der Waals surface area contributed by atoms with Gasteiger partial charge >= 0.3 is 11.9 Å². The quantitative estimate of drug-likeness (QED) is 0.687. The lowest BCUT2D eigenvalue weighted by Gasteiger charge is -2.42. The molecule has 9 nitrogen and oxygen atoms in total. The minimum atomic E-state index is -3.95. The van der Waals surface area contributed by atoms with E-state index in [1.54, 1.807) is 18.2 Å². The van der Waals surface area contributed by atoms with Crippen molar-refractivity contribution in [2.45, 2.75) is 17.9 Å². The summed E-state index contributed by atoms with van der Waals surface area (Å²) in [7, 11) is -1.36. The van der Waals surface area contributed by atoms with Crippen LogP contribution in [0.3, 0.4) is 0 Å². The number of carbonyl (C=O) groups is 2. The molecule has 0 aliphatic carbocycles. The van der Waals surface area contributed by atoms with E-state index < -0.39 is 16.0 Å². The maximum absolute atomic E-state index is 12.3. The Hall–Kier alpha value is -3.11. The van der Waals surface area contributed by atoms with Crippen molar-refractivity contribution < 1.29 is 27.5 Å². The van der Waals surface area contributed by atoms with Gasteiger partial charge in [-0.2, -0.15) is 0 Å². The number of hydrogen-bond acceptors (Lipinski definition) is 8. The number of ether oxygens (including phenoxy) is 2. The number of benzene rings is 2. The first kappa shape index (κ1) is 22.6. The Morgan fingerprint density at radius 2 is 1.65 bits per heavy atom. The van der Waals surface area contributed by atoms with E-state index in [1.807, 2.05) is 24.0 Å². The molecule has 2 aromatic carbocycles. The molecule has 1 fully saturated rings. The SMILES string of the molecule is COC(=O)c1ccc(N2CCN(c3ccc(S(N)(=O)=O)cc3C(=O)OC)C(C)C2)cc1. The van der Waals surface area contributed by atoms with Crippen LogP contribution in [0.5, 0.6) is 0 Å². The van der Waals surface area contributed by atoms with Crippen molar-refractivity contribution in [2.75, 3.05) is 43.7 Å². The van der Waals surface area contributed by atoms with E-state index in [0.717, 1.165) is 5.69 Å². The highest BCUT2D eigenvalue weighted by Crippen LogP contribution is 2.29. The van der Waals surface area contributed by atoms with E-state index in [9.17, 15) is 18.0 Å². The van der Waals surface area contributed by atoms with Crippen LogP contribution in [-0.4, -0.2) is 60.3 Å². The molecule has 1 aliphatic rings. The molecular formula is C21H25N3O6S. The zero-order valence-electron chi connectivity index (χ0n) is 17.6. The molecule has 1 heterocycles. The van der Waals surface area contributed by atoms with Gasteiger partial charge in [0, 0.05) is 31.4 Å². The van der Waals surface area contributed by atoms with Crippen LogP contribution in [0.4, 0.5) is 11.4 Å². The Kier molecular flexibility index (Phi) is 6.51. The largest absolute Gasteiger partial charge is 0.465 e. The summed E-state index contributed by atoms with van der Waals surface area (Å²) < 4.78 is 33.0. The number of sulfonamides is 1. The summed E-state index contributed by atoms with van der Waals surface area (Å²) >= 11 is 0. The minimum absolute atomic E-state index is 0.0118. The second-order valence-corrected chi connectivity index (χ2v) is 8.80. The lowest BCUT2D eigenvalue weighted by molar-refractivity contribution is 0.0592. The second kappa shape index (κ2) is 8.94. The number of carbonyl (C=O) groups excluding carboxylic acids is 2. The van der Waals surface area contributed by atoms with Gasteiger partial charge < -0.3 is 19.3 Å². The first-order valence-corrected chi connectivity index (χ1v) is 11.2. The number of primary sulfonamides is 1. The Balaban J connectivity index is 1.84. The van der Waals surface area contributed by atoms with Crippen LogP contribution in [0.1, 0.15) is 27.6 Å². The summed E-state index contributed by atoms with van der Waals surface area (Å²) in [5.74, 6) is -1.02. The van der Waals surface area contributed by atoms with Crippen molar-refractivity contribution >= 4 is 33.3 Å². The summed E-state index contributed by atoms with van der Waals surface area (Å²) in [6, 6.07) is 11.4. The van der Waals surface area contributed by atoms with Crippen LogP contribution in [-0.2, 0) is 19.5 Å². The third-order valence-corrected chi connectivity index (χ3v) is 6.20. The third kappa shape index (κ3) is 4.80. The molecule has 1 aliphatic heterocycles. The van der Waals surface area contributed by atoms with Crippen molar-refractivity contribution in [3.63, 3.8) is 0 Å². The number of hydrogen-bond donors (Lipinski definition) is 1. The fourth-order valence-electron chi connectivity index (χ4n) is 3.69. The molecule has 0 saturated carbocycles. The molecule has 0 amide bonds. The van der Waals surface area contributed by atoms with Gasteiger partial charge in [0.25, 0.3) is 0 Å². The van der Waals surface area contributed by atoms with Crippen LogP contribution in [0.25, 0.3) is 0 Å². The minimum Gasteiger partial charge on any atom is -0.465 e. The molecule has 0 aromatic heterocycles. The van der Waals surface area contributed by atoms with Gasteiger partial charge in [-0.3, -0.25) is 0 Å². The summed E-state index contributed by atoms with van der Waals surface area (Å²) in [5.41, 5.74) is 2.19. The smallest absolute Gasteiger partial charge is 0.340 e. The fraction of sp³-hybridized carbons (Fsp3) is 0.333. The summed E-state index contributed by atoms with van der Waals surface area (Å²) in [6.45, 7) is 3.94. The van der Waals surface area contributed by atoms with Crippen LogP contribution < -0.4 is 14.9 Å². The molecule has 1 unspecified atom stereocenters. The molecule has 0 spiro atoms. The van der Waals surface area contributed by atoms with E-state index in [0.29, 0.717) is 30.9 Å². The molecule has 1 saturated heterocycles. The van der Waals surface area contributed by atoms with E-state index in [-0.39, 0.29) is 22.5 Å². The maximum atomic E-state index is 12.3. The van der Waals surface area contributed by atoms with Crippen LogP contribution in [0, 0.1) is 0 Å². The second-order valence-electron chi connectivity index (χ2n) is 7.24. The van der Waals surface area contributed by atoms with E-state index in [4.69, 9.17) is 14.6 Å². The van der Waals surface area contributed by atoms with Gasteiger partial charge in [-0.05, 0) is 49.4 Å². The van der Waals surface area contributed by atoms with Crippen molar-refractivity contribution in [3.05, 3.63) is 53.6 Å². The highest BCUT2D eigenvalue weighted by Gasteiger charge is 2.28. The van der Waals surface area contributed by atoms with Crippen molar-refractivity contribution in [2.24, 2.45) is 5.14 Å². The lowest BCUT2D eigenvalue weighted by atomic mass is 10.1. The van der Waals surface area contributed by atoms with Gasteiger partial charge in [-0.1, -0.05) is 0 Å². The van der Waals surface area contributed by atoms with Gasteiger partial charge in [-0.15, -0.1) is 0 Å². The van der Waals surface area contributed by atoms with Crippen molar-refractivity contribution in [1.82, 2.24) is 0 Å². The average Bonchev–Trinajstić information content (AvgIpc) is 2.77. The molecular weight excluding hydrogens is 422 g/mol. The Bertz CT molecular complexity index is 1080. The third-order valence-electron chi connectivity index (χ3n) is 5.29. The first-order valence-electron chi connectivity index (χ1n) is 9.61. The number of anilines is 2. The predicted octanol–water partition coefficient (Wildman–Crippen LogP) is 1.62. The first-order chi connectivity index (χ1) is 14.7. The predicted molar refractivity (Wildman–Crippen MR) is 116 cm³/mol. The summed E-state index contributed by atoms with van der Waals surface area (Å²) in [6.07, 6.45) is 0. The fourth-order valence-corrected chi connectivity index (χ4v) is 4.23. The molecule has 0 bridgehead atoms. The lowest BCUT2D eigenvalue weighted by Crippen LogP contribution is -2.52. The Morgan fingerprint density at radius 1 is 1.00 bits per heavy atom. The van der Waals surface area contributed by atoms with Crippen LogP contribution >= 0.6 is 0 Å². The molecule has 2 aromatic rings. The van der Waals surface area contributed by atoms with E-state index >= 15 is 0 Å². The zero-order valence-corrected chi connectivity index (χ0v) is 18.4.